The minimum Gasteiger partial charge on any atom is -0.449 e. The van der Waals surface area contributed by atoms with Gasteiger partial charge >= 0.3 is 5.97 Å². The number of hydrogen-bond donors (Lipinski definition) is 2. The number of H-pyrrole nitrogens is 1. The van der Waals surface area contributed by atoms with Crippen LogP contribution in [0.15, 0.2) is 60.7 Å². The summed E-state index contributed by atoms with van der Waals surface area (Å²) in [5.74, 6) is -0.393. The van der Waals surface area contributed by atoms with E-state index in [-0.39, 0.29) is 0 Å². The van der Waals surface area contributed by atoms with E-state index in [1.54, 1.807) is 30.3 Å². The Morgan fingerprint density at radius 1 is 1.00 bits per heavy atom. The number of esters is 1. The van der Waals surface area contributed by atoms with Gasteiger partial charge in [0, 0.05) is 11.3 Å². The van der Waals surface area contributed by atoms with Crippen LogP contribution in [-0.4, -0.2) is 27.9 Å². The maximum Gasteiger partial charge on any atom is 0.338 e. The number of imidazole rings is 1. The molecule has 0 saturated heterocycles. The Morgan fingerprint density at radius 2 is 1.75 bits per heavy atom. The molecule has 0 fully saturated rings. The third kappa shape index (κ3) is 4.77. The molecule has 0 spiro atoms. The van der Waals surface area contributed by atoms with Gasteiger partial charge in [-0.1, -0.05) is 53.0 Å². The Labute approximate surface area is 194 Å². The second kappa shape index (κ2) is 9.02. The highest BCUT2D eigenvalue weighted by Gasteiger charge is 2.20. The molecule has 32 heavy (non-hydrogen) atoms. The summed E-state index contributed by atoms with van der Waals surface area (Å²) in [6.45, 7) is 3.52. The fraction of sp³-hybridized carbons (Fsp3) is 0.125. The number of aromatic nitrogens is 2. The smallest absolute Gasteiger partial charge is 0.338 e. The number of amides is 1. The van der Waals surface area contributed by atoms with E-state index in [0.29, 0.717) is 32.6 Å². The van der Waals surface area contributed by atoms with Crippen molar-refractivity contribution in [2.75, 3.05) is 5.32 Å². The van der Waals surface area contributed by atoms with Crippen LogP contribution in [0.5, 0.6) is 0 Å². The van der Waals surface area contributed by atoms with Crippen LogP contribution < -0.4 is 5.32 Å². The summed E-state index contributed by atoms with van der Waals surface area (Å²) < 4.78 is 5.33. The molecule has 1 heterocycles. The van der Waals surface area contributed by atoms with E-state index >= 15 is 0 Å². The number of fused-ring (bicyclic) bond motifs is 1. The van der Waals surface area contributed by atoms with Crippen LogP contribution in [-0.2, 0) is 9.53 Å². The molecule has 6 nitrogen and oxygen atoms in total. The van der Waals surface area contributed by atoms with Crippen LogP contribution >= 0.6 is 23.2 Å². The monoisotopic (exact) mass is 467 g/mol. The molecule has 3 aromatic carbocycles. The zero-order valence-electron chi connectivity index (χ0n) is 17.3. The number of carbonyl (C=O) groups is 2. The largest absolute Gasteiger partial charge is 0.449 e. The SMILES string of the molecule is Cc1ccc(-c2nc3ccc(C(=O)OC(C)C(=O)Nc4ccc(Cl)c(Cl)c4)cc3[nH]2)cc1. The quantitative estimate of drug-likeness (QED) is 0.351. The molecule has 1 aromatic heterocycles. The Bertz CT molecular complexity index is 1320. The molecule has 8 heteroatoms. The van der Waals surface area contributed by atoms with Gasteiger partial charge in [0.05, 0.1) is 26.6 Å². The van der Waals surface area contributed by atoms with E-state index in [1.807, 2.05) is 31.2 Å². The zero-order valence-corrected chi connectivity index (χ0v) is 18.8. The second-order valence-corrected chi connectivity index (χ2v) is 8.16. The molecule has 2 N–H and O–H groups in total. The van der Waals surface area contributed by atoms with Gasteiger partial charge in [-0.3, -0.25) is 4.79 Å². The summed E-state index contributed by atoms with van der Waals surface area (Å²) in [4.78, 5) is 32.8. The van der Waals surface area contributed by atoms with E-state index in [9.17, 15) is 9.59 Å². The van der Waals surface area contributed by atoms with Crippen LogP contribution in [0.2, 0.25) is 10.0 Å². The number of rotatable bonds is 5. The van der Waals surface area contributed by atoms with Gasteiger partial charge in [0.2, 0.25) is 0 Å². The van der Waals surface area contributed by atoms with Crippen molar-refractivity contribution in [3.8, 4) is 11.4 Å². The minimum absolute atomic E-state index is 0.311. The van der Waals surface area contributed by atoms with E-state index in [0.717, 1.165) is 16.6 Å². The van der Waals surface area contributed by atoms with Gasteiger partial charge in [-0.15, -0.1) is 0 Å². The molecule has 1 unspecified atom stereocenters. The number of aryl methyl sites for hydroxylation is 1. The highest BCUT2D eigenvalue weighted by atomic mass is 35.5. The number of hydrogen-bond acceptors (Lipinski definition) is 4. The Balaban J connectivity index is 1.46. The molecule has 0 bridgehead atoms. The van der Waals surface area contributed by atoms with Gasteiger partial charge in [-0.25, -0.2) is 9.78 Å². The van der Waals surface area contributed by atoms with Crippen molar-refractivity contribution in [3.63, 3.8) is 0 Å². The molecule has 0 saturated carbocycles. The van der Waals surface area contributed by atoms with E-state index in [1.165, 1.54) is 13.0 Å². The number of carbonyl (C=O) groups excluding carboxylic acids is 2. The van der Waals surface area contributed by atoms with E-state index < -0.39 is 18.0 Å². The fourth-order valence-corrected chi connectivity index (χ4v) is 3.38. The lowest BCUT2D eigenvalue weighted by atomic mass is 10.1. The number of aromatic amines is 1. The maximum absolute atomic E-state index is 12.6. The van der Waals surface area contributed by atoms with Crippen LogP contribution in [0.25, 0.3) is 22.4 Å². The van der Waals surface area contributed by atoms with Crippen molar-refractivity contribution in [1.82, 2.24) is 9.97 Å². The first-order chi connectivity index (χ1) is 15.3. The molecule has 1 amide bonds. The third-order valence-electron chi connectivity index (χ3n) is 4.88. The Hall–Kier alpha value is -3.35. The Morgan fingerprint density at radius 3 is 2.47 bits per heavy atom. The first kappa shape index (κ1) is 21.9. The first-order valence-electron chi connectivity index (χ1n) is 9.84. The van der Waals surface area contributed by atoms with Gasteiger partial charge in [0.25, 0.3) is 5.91 Å². The van der Waals surface area contributed by atoms with Gasteiger partial charge in [-0.05, 0) is 50.2 Å². The highest BCUT2D eigenvalue weighted by molar-refractivity contribution is 6.42. The van der Waals surface area contributed by atoms with Crippen LogP contribution in [0.4, 0.5) is 5.69 Å². The summed E-state index contributed by atoms with van der Waals surface area (Å²) in [5, 5.41) is 3.34. The van der Waals surface area contributed by atoms with Gasteiger partial charge in [-0.2, -0.15) is 0 Å². The van der Waals surface area contributed by atoms with Crippen LogP contribution in [0, 0.1) is 6.92 Å². The minimum atomic E-state index is -1.02. The zero-order chi connectivity index (χ0) is 22.8. The van der Waals surface area contributed by atoms with Gasteiger partial charge < -0.3 is 15.0 Å². The molecule has 0 aliphatic carbocycles. The molecule has 1 atom stereocenters. The van der Waals surface area contributed by atoms with Gasteiger partial charge in [0.15, 0.2) is 6.10 Å². The summed E-state index contributed by atoms with van der Waals surface area (Å²) in [7, 11) is 0. The standard InChI is InChI=1S/C24H19Cl2N3O3/c1-13-3-5-15(6-4-13)22-28-20-10-7-16(11-21(20)29-22)24(31)32-14(2)23(30)27-17-8-9-18(25)19(26)12-17/h3-12,14H,1-2H3,(H,27,30)(H,28,29). The number of halogens is 2. The number of nitrogens with one attached hydrogen (secondary N) is 2. The summed E-state index contributed by atoms with van der Waals surface area (Å²) in [5.41, 5.74) is 4.29. The number of ether oxygens (including phenoxy) is 1. The average molecular weight is 468 g/mol. The van der Waals surface area contributed by atoms with Crippen LogP contribution in [0.1, 0.15) is 22.8 Å². The lowest BCUT2D eigenvalue weighted by Crippen LogP contribution is -2.30. The molecule has 0 aliphatic heterocycles. The van der Waals surface area contributed by atoms with Crippen molar-refractivity contribution in [2.24, 2.45) is 0 Å². The molecule has 4 aromatic rings. The third-order valence-corrected chi connectivity index (χ3v) is 5.62. The van der Waals surface area contributed by atoms with Crippen molar-refractivity contribution in [3.05, 3.63) is 81.8 Å². The summed E-state index contributed by atoms with van der Waals surface area (Å²) >= 11 is 11.8. The molecular formula is C24H19Cl2N3O3. The first-order valence-corrected chi connectivity index (χ1v) is 10.6. The summed E-state index contributed by atoms with van der Waals surface area (Å²) in [6.07, 6.45) is -1.02. The predicted molar refractivity (Wildman–Crippen MR) is 126 cm³/mol. The maximum atomic E-state index is 12.6. The molecular weight excluding hydrogens is 449 g/mol. The van der Waals surface area contributed by atoms with E-state index in [2.05, 4.69) is 15.3 Å². The lowest BCUT2D eigenvalue weighted by Gasteiger charge is -2.14. The number of benzene rings is 3. The topological polar surface area (TPSA) is 84.1 Å². The lowest BCUT2D eigenvalue weighted by molar-refractivity contribution is -0.123. The molecule has 4 rings (SSSR count). The van der Waals surface area contributed by atoms with Crippen molar-refractivity contribution in [1.29, 1.82) is 0 Å². The van der Waals surface area contributed by atoms with Gasteiger partial charge in [0.1, 0.15) is 5.82 Å². The van der Waals surface area contributed by atoms with Crippen molar-refractivity contribution < 1.29 is 14.3 Å². The fourth-order valence-electron chi connectivity index (χ4n) is 3.08. The van der Waals surface area contributed by atoms with Crippen LogP contribution in [0.3, 0.4) is 0 Å². The Kier molecular flexibility index (Phi) is 6.17. The number of nitrogens with zero attached hydrogens (tertiary/aromatic N) is 1. The predicted octanol–water partition coefficient (Wildman–Crippen LogP) is 6.03. The van der Waals surface area contributed by atoms with Crippen molar-refractivity contribution >= 4 is 51.8 Å². The summed E-state index contributed by atoms with van der Waals surface area (Å²) in [6, 6.07) is 17.7. The van der Waals surface area contributed by atoms with E-state index in [4.69, 9.17) is 27.9 Å². The molecule has 162 valence electrons. The molecule has 0 radical (unpaired) electrons. The highest BCUT2D eigenvalue weighted by Crippen LogP contribution is 2.25. The van der Waals surface area contributed by atoms with Crippen molar-refractivity contribution in [2.45, 2.75) is 20.0 Å². The average Bonchev–Trinajstić information content (AvgIpc) is 3.20. The normalized spacial score (nSPS) is 11.9. The molecule has 0 aliphatic rings. The second-order valence-electron chi connectivity index (χ2n) is 7.35. The number of anilines is 1.